The van der Waals surface area contributed by atoms with Gasteiger partial charge in [0.25, 0.3) is 0 Å². The molecule has 0 fully saturated rings. The Labute approximate surface area is 123 Å². The molecule has 0 aliphatic carbocycles. The predicted molar refractivity (Wildman–Crippen MR) is 74.1 cm³/mol. The highest BCUT2D eigenvalue weighted by Gasteiger charge is 2.39. The van der Waals surface area contributed by atoms with Gasteiger partial charge in [-0.3, -0.25) is 4.79 Å². The molecule has 0 radical (unpaired) electrons. The van der Waals surface area contributed by atoms with E-state index in [2.05, 4.69) is 9.97 Å². The fourth-order valence-electron chi connectivity index (χ4n) is 2.22. The SMILES string of the molecule is CC(C)OCCS(=O)(=O)N1Cc2[nH]cnc2CC1C(=O)O. The number of carboxylic acids is 1. The van der Waals surface area contributed by atoms with Crippen molar-refractivity contribution >= 4 is 16.0 Å². The number of nitrogens with one attached hydrogen (secondary N) is 1. The highest BCUT2D eigenvalue weighted by atomic mass is 32.2. The third-order valence-electron chi connectivity index (χ3n) is 3.29. The first-order valence-electron chi connectivity index (χ1n) is 6.66. The molecule has 1 unspecified atom stereocenters. The van der Waals surface area contributed by atoms with Crippen molar-refractivity contribution in [2.24, 2.45) is 0 Å². The van der Waals surface area contributed by atoms with Crippen molar-refractivity contribution in [3.63, 3.8) is 0 Å². The minimum Gasteiger partial charge on any atom is -0.480 e. The van der Waals surface area contributed by atoms with Crippen molar-refractivity contribution in [3.8, 4) is 0 Å². The minimum absolute atomic E-state index is 0.00366. The van der Waals surface area contributed by atoms with Crippen LogP contribution in [0, 0.1) is 0 Å². The second kappa shape index (κ2) is 6.12. The zero-order valence-electron chi connectivity index (χ0n) is 11.9. The van der Waals surface area contributed by atoms with Crippen LogP contribution in [0.15, 0.2) is 6.33 Å². The summed E-state index contributed by atoms with van der Waals surface area (Å²) in [6, 6.07) is -1.12. The highest BCUT2D eigenvalue weighted by Crippen LogP contribution is 2.24. The molecule has 1 aromatic heterocycles. The molecule has 0 aromatic carbocycles. The molecule has 8 nitrogen and oxygen atoms in total. The van der Waals surface area contributed by atoms with E-state index in [0.29, 0.717) is 11.4 Å². The van der Waals surface area contributed by atoms with E-state index < -0.39 is 22.0 Å². The van der Waals surface area contributed by atoms with Gasteiger partial charge in [-0.2, -0.15) is 4.31 Å². The summed E-state index contributed by atoms with van der Waals surface area (Å²) < 4.78 is 31.0. The molecule has 2 heterocycles. The number of nitrogens with zero attached hydrogens (tertiary/aromatic N) is 2. The first-order valence-corrected chi connectivity index (χ1v) is 8.27. The second-order valence-corrected chi connectivity index (χ2v) is 7.21. The summed E-state index contributed by atoms with van der Waals surface area (Å²) in [5.74, 6) is -1.41. The number of rotatable bonds is 6. The van der Waals surface area contributed by atoms with Gasteiger partial charge in [0.15, 0.2) is 0 Å². The summed E-state index contributed by atoms with van der Waals surface area (Å²) in [6.45, 7) is 3.66. The van der Waals surface area contributed by atoms with E-state index >= 15 is 0 Å². The quantitative estimate of drug-likeness (QED) is 0.762. The van der Waals surface area contributed by atoms with E-state index in [-0.39, 0.29) is 31.4 Å². The lowest BCUT2D eigenvalue weighted by Gasteiger charge is -2.31. The van der Waals surface area contributed by atoms with E-state index in [1.54, 1.807) is 0 Å². The number of imidazole rings is 1. The Kier molecular flexibility index (Phi) is 4.64. The van der Waals surface area contributed by atoms with Crippen molar-refractivity contribution in [1.82, 2.24) is 14.3 Å². The zero-order valence-corrected chi connectivity index (χ0v) is 12.8. The van der Waals surface area contributed by atoms with Crippen molar-refractivity contribution in [1.29, 1.82) is 0 Å². The maximum Gasteiger partial charge on any atom is 0.322 e. The summed E-state index contributed by atoms with van der Waals surface area (Å²) >= 11 is 0. The van der Waals surface area contributed by atoms with Gasteiger partial charge in [-0.1, -0.05) is 0 Å². The van der Waals surface area contributed by atoms with E-state index in [1.165, 1.54) is 6.33 Å². The average Bonchev–Trinajstić information content (AvgIpc) is 2.83. The van der Waals surface area contributed by atoms with E-state index in [1.807, 2.05) is 13.8 Å². The van der Waals surface area contributed by atoms with E-state index in [4.69, 9.17) is 4.74 Å². The molecular formula is C12H19N3O5S. The Balaban J connectivity index is 2.17. The molecule has 9 heteroatoms. The fourth-order valence-corrected chi connectivity index (χ4v) is 3.64. The van der Waals surface area contributed by atoms with Crippen LogP contribution in [-0.2, 0) is 32.5 Å². The van der Waals surface area contributed by atoms with Crippen LogP contribution in [-0.4, -0.2) is 58.3 Å². The molecule has 0 bridgehead atoms. The van der Waals surface area contributed by atoms with Gasteiger partial charge in [-0.25, -0.2) is 13.4 Å². The van der Waals surface area contributed by atoms with Gasteiger partial charge in [0.05, 0.1) is 42.7 Å². The molecule has 0 amide bonds. The highest BCUT2D eigenvalue weighted by molar-refractivity contribution is 7.89. The largest absolute Gasteiger partial charge is 0.480 e. The number of aliphatic carboxylic acids is 1. The molecular weight excluding hydrogens is 298 g/mol. The van der Waals surface area contributed by atoms with Gasteiger partial charge < -0.3 is 14.8 Å². The number of ether oxygens (including phenoxy) is 1. The van der Waals surface area contributed by atoms with Gasteiger partial charge in [0, 0.05) is 6.42 Å². The molecule has 21 heavy (non-hydrogen) atoms. The number of sulfonamides is 1. The lowest BCUT2D eigenvalue weighted by Crippen LogP contribution is -2.49. The number of hydrogen-bond donors (Lipinski definition) is 2. The molecule has 2 N–H and O–H groups in total. The molecule has 1 atom stereocenters. The van der Waals surface area contributed by atoms with Crippen LogP contribution in [0.5, 0.6) is 0 Å². The lowest BCUT2D eigenvalue weighted by atomic mass is 10.1. The zero-order chi connectivity index (χ0) is 15.6. The van der Waals surface area contributed by atoms with Gasteiger partial charge >= 0.3 is 5.97 Å². The Morgan fingerprint density at radius 1 is 1.62 bits per heavy atom. The van der Waals surface area contributed by atoms with Gasteiger partial charge in [-0.15, -0.1) is 0 Å². The Morgan fingerprint density at radius 3 is 2.95 bits per heavy atom. The van der Waals surface area contributed by atoms with Crippen LogP contribution in [0.1, 0.15) is 25.2 Å². The molecule has 1 aliphatic heterocycles. The molecule has 2 rings (SSSR count). The Hall–Kier alpha value is -1.45. The Morgan fingerprint density at radius 2 is 2.33 bits per heavy atom. The van der Waals surface area contributed by atoms with E-state index in [9.17, 15) is 18.3 Å². The third kappa shape index (κ3) is 3.60. The summed E-state index contributed by atoms with van der Waals surface area (Å²) in [5, 5.41) is 9.27. The number of hydrogen-bond acceptors (Lipinski definition) is 5. The van der Waals surface area contributed by atoms with Crippen LogP contribution in [0.2, 0.25) is 0 Å². The lowest BCUT2D eigenvalue weighted by molar-refractivity contribution is -0.141. The van der Waals surface area contributed by atoms with Gasteiger partial charge in [-0.05, 0) is 13.8 Å². The Bertz CT molecular complexity index is 610. The van der Waals surface area contributed by atoms with Crippen molar-refractivity contribution < 1.29 is 23.1 Å². The fraction of sp³-hybridized carbons (Fsp3) is 0.667. The minimum atomic E-state index is -3.71. The smallest absolute Gasteiger partial charge is 0.322 e. The van der Waals surface area contributed by atoms with Crippen molar-refractivity contribution in [3.05, 3.63) is 17.7 Å². The summed E-state index contributed by atoms with van der Waals surface area (Å²) in [4.78, 5) is 18.2. The maximum absolute atomic E-state index is 12.4. The standard InChI is InChI=1S/C12H19N3O5S/c1-8(2)20-3-4-21(18,19)15-6-10-9(13-7-14-10)5-11(15)12(16)17/h7-8,11H,3-6H2,1-2H3,(H,13,14)(H,16,17). The van der Waals surface area contributed by atoms with Crippen LogP contribution in [0.25, 0.3) is 0 Å². The number of carboxylic acid groups (broad SMARTS) is 1. The second-order valence-electron chi connectivity index (χ2n) is 5.17. The van der Waals surface area contributed by atoms with Crippen molar-refractivity contribution in [2.75, 3.05) is 12.4 Å². The topological polar surface area (TPSA) is 113 Å². The molecule has 118 valence electrons. The van der Waals surface area contributed by atoms with Gasteiger partial charge in [0.1, 0.15) is 6.04 Å². The number of fused-ring (bicyclic) bond motifs is 1. The first-order chi connectivity index (χ1) is 9.81. The number of carbonyl (C=O) groups is 1. The van der Waals surface area contributed by atoms with Crippen LogP contribution in [0.4, 0.5) is 0 Å². The molecule has 0 saturated heterocycles. The predicted octanol–water partition coefficient (Wildman–Crippen LogP) is -0.0242. The summed E-state index contributed by atoms with van der Waals surface area (Å²) in [7, 11) is -3.71. The molecule has 1 aliphatic rings. The molecule has 0 spiro atoms. The van der Waals surface area contributed by atoms with Crippen LogP contribution in [0.3, 0.4) is 0 Å². The first kappa shape index (κ1) is 15.9. The van der Waals surface area contributed by atoms with Gasteiger partial charge in [0.2, 0.25) is 10.0 Å². The average molecular weight is 317 g/mol. The van der Waals surface area contributed by atoms with Crippen LogP contribution < -0.4 is 0 Å². The maximum atomic E-state index is 12.4. The van der Waals surface area contributed by atoms with Crippen molar-refractivity contribution in [2.45, 2.75) is 39.0 Å². The monoisotopic (exact) mass is 317 g/mol. The molecule has 1 aromatic rings. The third-order valence-corrected chi connectivity index (χ3v) is 5.07. The normalized spacial score (nSPS) is 19.7. The molecule has 0 saturated carbocycles. The number of aromatic nitrogens is 2. The van der Waals surface area contributed by atoms with Crippen LogP contribution >= 0.6 is 0 Å². The summed E-state index contributed by atoms with van der Waals surface area (Å²) in [5.41, 5.74) is 1.24. The van der Waals surface area contributed by atoms with E-state index in [0.717, 1.165) is 4.31 Å². The number of H-pyrrole nitrogens is 1. The summed E-state index contributed by atoms with van der Waals surface area (Å²) in [6.07, 6.45) is 1.44. The number of aromatic amines is 1.